The molecule has 0 aliphatic heterocycles. The molecule has 0 unspecified atom stereocenters. The normalized spacial score (nSPS) is 13.2. The number of rotatable bonds is 2. The number of benzene rings is 2. The van der Waals surface area contributed by atoms with Gasteiger partial charge in [0.1, 0.15) is 0 Å². The van der Waals surface area contributed by atoms with E-state index < -0.39 is 0 Å². The van der Waals surface area contributed by atoms with E-state index in [1.54, 1.807) is 22.3 Å². The van der Waals surface area contributed by atoms with Crippen LogP contribution in [0.15, 0.2) is 84.9 Å². The van der Waals surface area contributed by atoms with Gasteiger partial charge < -0.3 is 24.8 Å². The quantitative estimate of drug-likeness (QED) is 0.224. The second kappa shape index (κ2) is 15.9. The second-order valence-electron chi connectivity index (χ2n) is 9.74. The molecule has 0 saturated heterocycles. The summed E-state index contributed by atoms with van der Waals surface area (Å²) in [6, 6.07) is 30.9. The minimum atomic E-state index is 0. The molecule has 0 heterocycles. The maximum atomic E-state index is 2.38. The molecule has 0 saturated carbocycles. The summed E-state index contributed by atoms with van der Waals surface area (Å²) in [6.07, 6.45) is 10.6. The molecular weight excluding hydrogens is 662 g/mol. The maximum absolute atomic E-state index is 2.38. The van der Waals surface area contributed by atoms with Gasteiger partial charge in [0, 0.05) is 0 Å². The minimum Gasteiger partial charge on any atom is -1.00 e. The fourth-order valence-corrected chi connectivity index (χ4v) is 4.99. The van der Waals surface area contributed by atoms with E-state index in [4.69, 9.17) is 0 Å². The largest absolute Gasteiger partial charge is 1.00 e. The molecule has 0 nitrogen and oxygen atoms in total. The van der Waals surface area contributed by atoms with Gasteiger partial charge in [0.05, 0.1) is 0 Å². The first-order valence-corrected chi connectivity index (χ1v) is 20.7. The van der Waals surface area contributed by atoms with Crippen molar-refractivity contribution in [2.75, 3.05) is 0 Å². The van der Waals surface area contributed by atoms with Gasteiger partial charge in [-0.3, -0.25) is 0 Å². The second-order valence-corrected chi connectivity index (χ2v) is 22.5. The Labute approximate surface area is 245 Å². The summed E-state index contributed by atoms with van der Waals surface area (Å²) in [7, 11) is 0. The van der Waals surface area contributed by atoms with E-state index in [-0.39, 0.29) is 30.3 Å². The zero-order valence-corrected chi connectivity index (χ0v) is 27.6. The average Bonchev–Trinajstić information content (AvgIpc) is 3.50. The van der Waals surface area contributed by atoms with E-state index in [0.717, 1.165) is 0 Å². The van der Waals surface area contributed by atoms with Crippen molar-refractivity contribution in [1.82, 2.24) is 0 Å². The van der Waals surface area contributed by atoms with E-state index in [2.05, 4.69) is 98.0 Å². The Morgan fingerprint density at radius 1 is 0.583 bits per heavy atom. The Kier molecular flexibility index (Phi) is 13.7. The van der Waals surface area contributed by atoms with Crippen molar-refractivity contribution in [3.05, 3.63) is 107 Å². The molecule has 4 aromatic carbocycles. The van der Waals surface area contributed by atoms with Crippen molar-refractivity contribution < 1.29 is 47.8 Å². The number of hydrogen-bond donors (Lipinski definition) is 0. The summed E-state index contributed by atoms with van der Waals surface area (Å²) >= 11 is 1.45. The van der Waals surface area contributed by atoms with Crippen LogP contribution < -0.4 is 24.8 Å². The number of halogens is 2. The molecule has 36 heavy (non-hydrogen) atoms. The van der Waals surface area contributed by atoms with Gasteiger partial charge in [-0.15, -0.1) is 45.5 Å². The topological polar surface area (TPSA) is 0 Å². The van der Waals surface area contributed by atoms with Gasteiger partial charge in [0.15, 0.2) is 0 Å². The maximum Gasteiger partial charge on any atom is -0.0456 e. The first-order valence-electron chi connectivity index (χ1n) is 12.8. The predicted octanol–water partition coefficient (Wildman–Crippen LogP) is 2.69. The molecule has 0 spiro atoms. The molecule has 0 fully saturated rings. The van der Waals surface area contributed by atoms with E-state index in [9.17, 15) is 0 Å². The Morgan fingerprint density at radius 3 is 1.25 bits per heavy atom. The van der Waals surface area contributed by atoms with Crippen LogP contribution in [-0.2, 0) is 48.7 Å². The number of fused-ring (bicyclic) bond motifs is 2. The molecule has 6 rings (SSSR count). The Morgan fingerprint density at radius 2 is 0.917 bits per heavy atom. The van der Waals surface area contributed by atoms with Crippen LogP contribution in [0.1, 0.15) is 47.9 Å². The summed E-state index contributed by atoms with van der Waals surface area (Å²) in [5, 5.41) is 0. The molecule has 0 bridgehead atoms. The summed E-state index contributed by atoms with van der Waals surface area (Å²) < 4.78 is 0. The van der Waals surface area contributed by atoms with Gasteiger partial charge in [-0.05, 0) is 12.8 Å². The van der Waals surface area contributed by atoms with Gasteiger partial charge >= 0.3 is 41.6 Å². The van der Waals surface area contributed by atoms with Gasteiger partial charge in [-0.2, -0.15) is 23.3 Å². The SMILES string of the molecule is C[Si](C)=[Hf+2].[Cl-].[Cl-].c1ccc(-c2cc3c([cH-]2)CCCC3)cc1.c1ccc(-c2cc3c([cH-]2)CCCC3)cc1. The van der Waals surface area contributed by atoms with Crippen LogP contribution in [0.3, 0.4) is 0 Å². The van der Waals surface area contributed by atoms with Gasteiger partial charge in [-0.1, -0.05) is 99.2 Å². The van der Waals surface area contributed by atoms with E-state index in [1.165, 1.54) is 96.6 Å². The molecule has 4 aromatic rings. The molecule has 188 valence electrons. The molecule has 0 N–H and O–H groups in total. The van der Waals surface area contributed by atoms with Crippen LogP contribution in [0.2, 0.25) is 13.1 Å². The number of aryl methyl sites for hydroxylation is 4. The zero-order chi connectivity index (χ0) is 23.8. The van der Waals surface area contributed by atoms with Crippen molar-refractivity contribution >= 4 is 5.49 Å². The Bertz CT molecular complexity index is 1050. The smallest absolute Gasteiger partial charge is 0.0456 e. The van der Waals surface area contributed by atoms with Crippen molar-refractivity contribution in [3.8, 4) is 22.3 Å². The fraction of sp³-hybridized carbons (Fsp3) is 0.312. The van der Waals surface area contributed by atoms with Crippen LogP contribution in [-0.4, -0.2) is 5.49 Å². The molecule has 2 aliphatic carbocycles. The van der Waals surface area contributed by atoms with Gasteiger partial charge in [0.2, 0.25) is 0 Å². The van der Waals surface area contributed by atoms with Crippen molar-refractivity contribution in [1.29, 1.82) is 0 Å². The van der Waals surface area contributed by atoms with Crippen LogP contribution >= 0.6 is 0 Å². The molecule has 4 heteroatoms. The first kappa shape index (κ1) is 31.0. The van der Waals surface area contributed by atoms with Crippen LogP contribution in [0.25, 0.3) is 22.3 Å². The fourth-order valence-electron chi connectivity index (χ4n) is 4.99. The van der Waals surface area contributed by atoms with E-state index >= 15 is 0 Å². The zero-order valence-electron chi connectivity index (χ0n) is 21.5. The Balaban J connectivity index is 0.000000211. The third-order valence-electron chi connectivity index (χ3n) is 6.64. The van der Waals surface area contributed by atoms with Gasteiger partial charge in [0.25, 0.3) is 0 Å². The third-order valence-corrected chi connectivity index (χ3v) is 6.64. The third kappa shape index (κ3) is 8.98. The van der Waals surface area contributed by atoms with Crippen molar-refractivity contribution in [2.24, 2.45) is 0 Å². The predicted molar refractivity (Wildman–Crippen MR) is 146 cm³/mol. The minimum absolute atomic E-state index is 0. The summed E-state index contributed by atoms with van der Waals surface area (Å²) in [6.45, 7) is 4.66. The molecule has 0 amide bonds. The molecule has 2 aliphatic rings. The molecular formula is C32H36Cl2HfSi-2. The number of hydrogen-bond acceptors (Lipinski definition) is 0. The average molecular weight is 698 g/mol. The first-order chi connectivity index (χ1) is 16.6. The summed E-state index contributed by atoms with van der Waals surface area (Å²) in [5.74, 6) is 0. The summed E-state index contributed by atoms with van der Waals surface area (Å²) in [5.41, 5.74) is 12.1. The van der Waals surface area contributed by atoms with Crippen LogP contribution in [0.4, 0.5) is 0 Å². The van der Waals surface area contributed by atoms with Crippen molar-refractivity contribution in [3.63, 3.8) is 0 Å². The monoisotopic (exact) mass is 698 g/mol. The van der Waals surface area contributed by atoms with E-state index in [0.29, 0.717) is 0 Å². The van der Waals surface area contributed by atoms with Gasteiger partial charge in [-0.25, -0.2) is 0 Å². The summed E-state index contributed by atoms with van der Waals surface area (Å²) in [4.78, 5) is 0. The van der Waals surface area contributed by atoms with Crippen molar-refractivity contribution in [2.45, 2.75) is 64.5 Å². The van der Waals surface area contributed by atoms with E-state index in [1.807, 2.05) is 0 Å². The van der Waals surface area contributed by atoms with Crippen LogP contribution in [0.5, 0.6) is 0 Å². The van der Waals surface area contributed by atoms with Crippen LogP contribution in [0, 0.1) is 0 Å². The molecule has 0 atom stereocenters. The molecule has 0 aromatic heterocycles. The standard InChI is InChI=1S/2C15H15.C2H6Si.2ClH.Hf/c2*1-2-6-12(7-3-1)15-10-13-8-4-5-9-14(13)11-15;1-3-2;;;/h2*1-3,6-7,10-11H,4-5,8-9H2;1-2H3;2*1H;/q2*-1;;;;+2/p-2. The molecule has 0 radical (unpaired) electrons. The Hall–Kier alpha value is -1.19.